The number of fused-ring (bicyclic) bond motifs is 1. The normalized spacial score (nSPS) is 14.9. The summed E-state index contributed by atoms with van der Waals surface area (Å²) < 4.78 is 33.8. The van der Waals surface area contributed by atoms with Crippen LogP contribution in [0.1, 0.15) is 19.4 Å². The first kappa shape index (κ1) is 23.0. The molecule has 2 rings (SSSR count). The van der Waals surface area contributed by atoms with Gasteiger partial charge in [0, 0.05) is 30.8 Å². The van der Waals surface area contributed by atoms with E-state index in [0.29, 0.717) is 17.1 Å². The van der Waals surface area contributed by atoms with Crippen LogP contribution in [0.5, 0.6) is 11.5 Å². The fourth-order valence-electron chi connectivity index (χ4n) is 2.55. The summed E-state index contributed by atoms with van der Waals surface area (Å²) in [6.45, 7) is 3.41. The Morgan fingerprint density at radius 2 is 1.82 bits per heavy atom. The van der Waals surface area contributed by atoms with Crippen molar-refractivity contribution in [2.24, 2.45) is 0 Å². The third kappa shape index (κ3) is 5.39. The van der Waals surface area contributed by atoms with Gasteiger partial charge in [-0.05, 0) is 19.9 Å². The molecular formula is C17H22Cl2NO7P. The predicted molar refractivity (Wildman–Crippen MR) is 105 cm³/mol. The maximum atomic E-state index is 12.7. The summed E-state index contributed by atoms with van der Waals surface area (Å²) in [5, 5.41) is 0. The van der Waals surface area contributed by atoms with E-state index in [-0.39, 0.29) is 30.7 Å². The largest absolute Gasteiger partial charge is 0.483 e. The molecule has 0 fully saturated rings. The number of alkyl halides is 2. The Labute approximate surface area is 173 Å². The van der Waals surface area contributed by atoms with Gasteiger partial charge in [0.05, 0.1) is 13.2 Å². The lowest BCUT2D eigenvalue weighted by Crippen LogP contribution is -2.35. The Bertz CT molecular complexity index is 775. The van der Waals surface area contributed by atoms with Crippen LogP contribution in [0.4, 0.5) is 9.59 Å². The highest BCUT2D eigenvalue weighted by Gasteiger charge is 2.41. The molecule has 2 amide bonds. The molecule has 8 nitrogen and oxygen atoms in total. The van der Waals surface area contributed by atoms with Crippen molar-refractivity contribution < 1.29 is 32.7 Å². The highest BCUT2D eigenvalue weighted by Crippen LogP contribution is 2.50. The molecule has 28 heavy (non-hydrogen) atoms. The molecule has 1 aliphatic heterocycles. The SMILES string of the molecule is CN(C(=O)Oc1cccc2c1OC(C)(C)C2)C(=O)P(=O)(OCCCl)OCCCl. The number of hydrogen-bond acceptors (Lipinski definition) is 7. The third-order valence-corrected chi connectivity index (χ3v) is 5.85. The molecule has 0 radical (unpaired) electrons. The zero-order chi connectivity index (χ0) is 20.9. The molecular weight excluding hydrogens is 432 g/mol. The van der Waals surface area contributed by atoms with E-state index in [2.05, 4.69) is 0 Å². The summed E-state index contributed by atoms with van der Waals surface area (Å²) in [4.78, 5) is 25.5. The summed E-state index contributed by atoms with van der Waals surface area (Å²) in [5.74, 6) is 0.560. The molecule has 0 aromatic heterocycles. The molecule has 0 bridgehead atoms. The lowest BCUT2D eigenvalue weighted by molar-refractivity contribution is 0.129. The van der Waals surface area contributed by atoms with Crippen molar-refractivity contribution in [2.75, 3.05) is 32.0 Å². The van der Waals surface area contributed by atoms with Crippen molar-refractivity contribution in [3.05, 3.63) is 23.8 Å². The summed E-state index contributed by atoms with van der Waals surface area (Å²) in [6.07, 6.45) is -0.410. The van der Waals surface area contributed by atoms with Crippen LogP contribution in [0.3, 0.4) is 0 Å². The number of ether oxygens (including phenoxy) is 2. The van der Waals surface area contributed by atoms with E-state index in [1.807, 2.05) is 19.9 Å². The van der Waals surface area contributed by atoms with Gasteiger partial charge in [0.25, 0.3) is 0 Å². The van der Waals surface area contributed by atoms with Crippen LogP contribution in [-0.4, -0.2) is 54.3 Å². The zero-order valence-electron chi connectivity index (χ0n) is 15.8. The first-order valence-corrected chi connectivity index (χ1v) is 11.1. The van der Waals surface area contributed by atoms with E-state index >= 15 is 0 Å². The molecule has 0 saturated carbocycles. The van der Waals surface area contributed by atoms with Gasteiger partial charge in [0.2, 0.25) is 0 Å². The number of nitrogens with zero attached hydrogens (tertiary/aromatic N) is 1. The van der Waals surface area contributed by atoms with E-state index in [9.17, 15) is 14.2 Å². The maximum absolute atomic E-state index is 12.7. The fourth-order valence-corrected chi connectivity index (χ4v) is 4.33. The second-order valence-electron chi connectivity index (χ2n) is 6.53. The standard InChI is InChI=1S/C17H22Cl2NO7P/c1-17(2)11-12-5-4-6-13(14(12)27-17)26-15(21)20(3)16(22)28(23,24-9-7-18)25-10-8-19/h4-6H,7-11H2,1-3H3. The van der Waals surface area contributed by atoms with Crippen molar-refractivity contribution >= 4 is 42.5 Å². The van der Waals surface area contributed by atoms with Crippen LogP contribution in [0.25, 0.3) is 0 Å². The molecule has 11 heteroatoms. The minimum absolute atomic E-state index is 0.0149. The Balaban J connectivity index is 2.15. The van der Waals surface area contributed by atoms with Crippen LogP contribution in [0.15, 0.2) is 18.2 Å². The molecule has 1 aromatic rings. The number of amides is 2. The second kappa shape index (κ2) is 9.46. The fraction of sp³-hybridized carbons (Fsp3) is 0.529. The predicted octanol–water partition coefficient (Wildman–Crippen LogP) is 4.65. The molecule has 0 atom stereocenters. The molecule has 1 heterocycles. The molecule has 0 N–H and O–H groups in total. The van der Waals surface area contributed by atoms with E-state index in [4.69, 9.17) is 41.7 Å². The van der Waals surface area contributed by atoms with Gasteiger partial charge in [-0.2, -0.15) is 0 Å². The van der Waals surface area contributed by atoms with E-state index < -0.39 is 24.9 Å². The highest BCUT2D eigenvalue weighted by molar-refractivity contribution is 7.71. The van der Waals surface area contributed by atoms with Crippen molar-refractivity contribution in [2.45, 2.75) is 25.9 Å². The molecule has 0 aliphatic carbocycles. The molecule has 0 saturated heterocycles. The monoisotopic (exact) mass is 453 g/mol. The molecule has 1 aromatic carbocycles. The Morgan fingerprint density at radius 1 is 1.21 bits per heavy atom. The van der Waals surface area contributed by atoms with Gasteiger partial charge in [-0.3, -0.25) is 4.79 Å². The summed E-state index contributed by atoms with van der Waals surface area (Å²) in [7, 11) is -3.20. The number of hydrogen-bond donors (Lipinski definition) is 0. The minimum Gasteiger partial charge on any atom is -0.483 e. The average Bonchev–Trinajstić information content (AvgIpc) is 2.98. The second-order valence-corrected chi connectivity index (χ2v) is 9.18. The van der Waals surface area contributed by atoms with Crippen LogP contribution in [0.2, 0.25) is 0 Å². The molecule has 1 aliphatic rings. The van der Waals surface area contributed by atoms with Gasteiger partial charge in [0.1, 0.15) is 5.60 Å². The van der Waals surface area contributed by atoms with Crippen molar-refractivity contribution in [1.29, 1.82) is 0 Å². The number of carbonyl (C=O) groups is 2. The van der Waals surface area contributed by atoms with E-state index in [1.165, 1.54) is 0 Å². The topological polar surface area (TPSA) is 91.4 Å². The average molecular weight is 454 g/mol. The Hall–Kier alpha value is -1.31. The van der Waals surface area contributed by atoms with Crippen LogP contribution >= 0.6 is 30.8 Å². The van der Waals surface area contributed by atoms with Gasteiger partial charge in [-0.1, -0.05) is 12.1 Å². The third-order valence-electron chi connectivity index (χ3n) is 3.72. The van der Waals surface area contributed by atoms with Crippen LogP contribution in [0, 0.1) is 0 Å². The Kier molecular flexibility index (Phi) is 7.76. The van der Waals surface area contributed by atoms with Crippen LogP contribution in [-0.2, 0) is 20.0 Å². The molecule has 156 valence electrons. The number of rotatable bonds is 8. The lowest BCUT2D eigenvalue weighted by atomic mass is 10.0. The van der Waals surface area contributed by atoms with Gasteiger partial charge in [-0.15, -0.1) is 23.2 Å². The van der Waals surface area contributed by atoms with E-state index in [1.54, 1.807) is 12.1 Å². The van der Waals surface area contributed by atoms with Crippen molar-refractivity contribution in [1.82, 2.24) is 4.90 Å². The quantitative estimate of drug-likeness (QED) is 0.417. The lowest BCUT2D eigenvalue weighted by Gasteiger charge is -2.22. The number of benzene rings is 1. The highest BCUT2D eigenvalue weighted by atomic mass is 35.5. The summed E-state index contributed by atoms with van der Waals surface area (Å²) >= 11 is 11.0. The first-order chi connectivity index (χ1) is 13.1. The van der Waals surface area contributed by atoms with Crippen molar-refractivity contribution in [3.8, 4) is 11.5 Å². The van der Waals surface area contributed by atoms with Gasteiger partial charge in [-0.25, -0.2) is 14.3 Å². The summed E-state index contributed by atoms with van der Waals surface area (Å²) in [5.41, 5.74) is -0.736. The summed E-state index contributed by atoms with van der Waals surface area (Å²) in [6, 6.07) is 5.13. The van der Waals surface area contributed by atoms with E-state index in [0.717, 1.165) is 12.6 Å². The number of carbonyl (C=O) groups excluding carboxylic acids is 2. The minimum atomic E-state index is -4.31. The van der Waals surface area contributed by atoms with Crippen molar-refractivity contribution in [3.63, 3.8) is 0 Å². The van der Waals surface area contributed by atoms with Gasteiger partial charge < -0.3 is 18.5 Å². The number of para-hydroxylation sites is 1. The zero-order valence-corrected chi connectivity index (χ0v) is 18.2. The molecule has 0 spiro atoms. The maximum Gasteiger partial charge on any atom is 0.422 e. The number of halogens is 2. The van der Waals surface area contributed by atoms with Gasteiger partial charge >= 0.3 is 19.3 Å². The van der Waals surface area contributed by atoms with Gasteiger partial charge in [0.15, 0.2) is 11.5 Å². The van der Waals surface area contributed by atoms with Crippen LogP contribution < -0.4 is 9.47 Å². The number of imide groups is 1. The smallest absolute Gasteiger partial charge is 0.422 e. The molecule has 0 unspecified atom stereocenters. The Morgan fingerprint density at radius 3 is 2.39 bits per heavy atom. The first-order valence-electron chi connectivity index (χ1n) is 8.45.